The van der Waals surface area contributed by atoms with Gasteiger partial charge in [0.05, 0.1) is 0 Å². The molecule has 1 aliphatic rings. The van der Waals surface area contributed by atoms with Crippen LogP contribution in [-0.2, 0) is 9.53 Å². The molecular formula is C15H23ClN2O2. The molecule has 0 aromatic heterocycles. The van der Waals surface area contributed by atoms with Gasteiger partial charge in [0.2, 0.25) is 0 Å². The Bertz CT molecular complexity index is 408. The number of nitrogens with one attached hydrogen (secondary N) is 1. The average Bonchev–Trinajstić information content (AvgIpc) is 2.98. The van der Waals surface area contributed by atoms with E-state index in [-0.39, 0.29) is 24.4 Å². The molecule has 0 radical (unpaired) electrons. The number of carbonyl (C=O) groups is 1. The highest BCUT2D eigenvalue weighted by Crippen LogP contribution is 2.21. The molecule has 4 nitrogen and oxygen atoms in total. The van der Waals surface area contributed by atoms with Crippen molar-refractivity contribution in [2.45, 2.75) is 25.5 Å². The summed E-state index contributed by atoms with van der Waals surface area (Å²) < 4.78 is 5.66. The van der Waals surface area contributed by atoms with Crippen molar-refractivity contribution in [1.82, 2.24) is 10.2 Å². The Labute approximate surface area is 126 Å². The molecule has 0 saturated carbocycles. The Morgan fingerprint density at radius 3 is 2.70 bits per heavy atom. The van der Waals surface area contributed by atoms with Crippen LogP contribution in [0.3, 0.4) is 0 Å². The fourth-order valence-electron chi connectivity index (χ4n) is 2.44. The Hall–Kier alpha value is -1.10. The van der Waals surface area contributed by atoms with Gasteiger partial charge in [-0.3, -0.25) is 4.79 Å². The summed E-state index contributed by atoms with van der Waals surface area (Å²) in [5.74, 6) is 0.0433. The summed E-state index contributed by atoms with van der Waals surface area (Å²) in [6.07, 6.45) is 0.521. The van der Waals surface area contributed by atoms with Crippen molar-refractivity contribution < 1.29 is 9.53 Å². The maximum atomic E-state index is 12.6. The number of hydrogen-bond donors (Lipinski definition) is 1. The zero-order chi connectivity index (χ0) is 13.7. The summed E-state index contributed by atoms with van der Waals surface area (Å²) in [6, 6.07) is 9.98. The summed E-state index contributed by atoms with van der Waals surface area (Å²) in [7, 11) is 1.87. The van der Waals surface area contributed by atoms with Gasteiger partial charge in [0.25, 0.3) is 5.91 Å². The van der Waals surface area contributed by atoms with E-state index >= 15 is 0 Å². The Kier molecular flexibility index (Phi) is 6.99. The molecule has 1 amide bonds. The van der Waals surface area contributed by atoms with Crippen LogP contribution < -0.4 is 5.32 Å². The van der Waals surface area contributed by atoms with E-state index in [0.29, 0.717) is 6.61 Å². The van der Waals surface area contributed by atoms with Crippen LogP contribution in [-0.4, -0.2) is 43.6 Å². The predicted octanol–water partition coefficient (Wildman–Crippen LogP) is 2.01. The van der Waals surface area contributed by atoms with E-state index in [9.17, 15) is 4.79 Å². The van der Waals surface area contributed by atoms with Crippen LogP contribution in [0.1, 0.15) is 25.0 Å². The van der Waals surface area contributed by atoms with Gasteiger partial charge >= 0.3 is 0 Å². The molecule has 1 aliphatic heterocycles. The van der Waals surface area contributed by atoms with Crippen molar-refractivity contribution in [2.75, 3.05) is 26.7 Å². The number of ether oxygens (including phenoxy) is 1. The highest BCUT2D eigenvalue weighted by atomic mass is 35.5. The molecule has 2 atom stereocenters. The monoisotopic (exact) mass is 298 g/mol. The molecule has 0 spiro atoms. The topological polar surface area (TPSA) is 41.6 Å². The van der Waals surface area contributed by atoms with Crippen LogP contribution in [0.2, 0.25) is 0 Å². The lowest BCUT2D eigenvalue weighted by Crippen LogP contribution is -2.41. The second kappa shape index (κ2) is 8.25. The first-order valence-corrected chi connectivity index (χ1v) is 6.88. The first-order chi connectivity index (χ1) is 9.24. The van der Waals surface area contributed by atoms with Crippen LogP contribution in [0.5, 0.6) is 0 Å². The summed E-state index contributed by atoms with van der Waals surface area (Å²) in [5.41, 5.74) is 0.923. The van der Waals surface area contributed by atoms with Crippen LogP contribution >= 0.6 is 12.4 Å². The lowest BCUT2D eigenvalue weighted by atomic mass is 10.1. The lowest BCUT2D eigenvalue weighted by molar-refractivity contribution is -0.144. The fourth-order valence-corrected chi connectivity index (χ4v) is 2.44. The van der Waals surface area contributed by atoms with Gasteiger partial charge in [0.15, 0.2) is 6.10 Å². The summed E-state index contributed by atoms with van der Waals surface area (Å²) >= 11 is 0. The minimum absolute atomic E-state index is 0. The minimum atomic E-state index is -0.489. The van der Waals surface area contributed by atoms with E-state index in [0.717, 1.165) is 25.1 Å². The predicted molar refractivity (Wildman–Crippen MR) is 82.1 cm³/mol. The zero-order valence-corrected chi connectivity index (χ0v) is 12.9. The number of nitrogens with zero attached hydrogens (tertiary/aromatic N) is 1. The second-order valence-corrected chi connectivity index (χ2v) is 4.84. The van der Waals surface area contributed by atoms with E-state index in [4.69, 9.17) is 4.74 Å². The standard InChI is InChI=1S/C15H22N2O2.ClH/c1-3-19-14(12-7-5-4-6-8-12)15(18)17(2)13-9-10-16-11-13;/h4-8,13-14,16H,3,9-11H2,1-2H3;1H. The molecular weight excluding hydrogens is 276 g/mol. The summed E-state index contributed by atoms with van der Waals surface area (Å²) in [4.78, 5) is 14.4. The Balaban J connectivity index is 0.00000200. The van der Waals surface area contributed by atoms with Crippen molar-refractivity contribution in [3.63, 3.8) is 0 Å². The molecule has 0 aliphatic carbocycles. The highest BCUT2D eigenvalue weighted by molar-refractivity contribution is 5.85. The third-order valence-electron chi connectivity index (χ3n) is 3.59. The number of carbonyl (C=O) groups excluding carboxylic acids is 1. The van der Waals surface area contributed by atoms with Gasteiger partial charge in [0, 0.05) is 26.2 Å². The van der Waals surface area contributed by atoms with E-state index < -0.39 is 6.10 Å². The Morgan fingerprint density at radius 1 is 1.45 bits per heavy atom. The maximum Gasteiger partial charge on any atom is 0.256 e. The van der Waals surface area contributed by atoms with Crippen molar-refractivity contribution in [2.24, 2.45) is 0 Å². The van der Waals surface area contributed by atoms with E-state index in [2.05, 4.69) is 5.32 Å². The quantitative estimate of drug-likeness (QED) is 0.904. The van der Waals surface area contributed by atoms with Gasteiger partial charge in [-0.15, -0.1) is 12.4 Å². The number of likely N-dealkylation sites (N-methyl/N-ethyl adjacent to an activating group) is 1. The number of halogens is 1. The van der Waals surface area contributed by atoms with Gasteiger partial charge in [-0.1, -0.05) is 30.3 Å². The molecule has 20 heavy (non-hydrogen) atoms. The van der Waals surface area contributed by atoms with Gasteiger partial charge < -0.3 is 15.0 Å². The fraction of sp³-hybridized carbons (Fsp3) is 0.533. The summed E-state index contributed by atoms with van der Waals surface area (Å²) in [5, 5.41) is 3.28. The van der Waals surface area contributed by atoms with Crippen molar-refractivity contribution in [1.29, 1.82) is 0 Å². The van der Waals surface area contributed by atoms with Gasteiger partial charge in [0.1, 0.15) is 0 Å². The smallest absolute Gasteiger partial charge is 0.256 e. The third-order valence-corrected chi connectivity index (χ3v) is 3.59. The molecule has 1 fully saturated rings. The van der Waals surface area contributed by atoms with E-state index in [1.165, 1.54) is 0 Å². The molecule has 1 heterocycles. The van der Waals surface area contributed by atoms with Crippen LogP contribution in [0, 0.1) is 0 Å². The molecule has 0 bridgehead atoms. The van der Waals surface area contributed by atoms with Crippen molar-refractivity contribution in [3.05, 3.63) is 35.9 Å². The number of rotatable bonds is 5. The first kappa shape index (κ1) is 17.0. The maximum absolute atomic E-state index is 12.6. The number of hydrogen-bond acceptors (Lipinski definition) is 3. The molecule has 1 saturated heterocycles. The molecule has 112 valence electrons. The van der Waals surface area contributed by atoms with Gasteiger partial charge in [-0.25, -0.2) is 0 Å². The van der Waals surface area contributed by atoms with Crippen molar-refractivity contribution >= 4 is 18.3 Å². The number of amides is 1. The van der Waals surface area contributed by atoms with Crippen LogP contribution in [0.15, 0.2) is 30.3 Å². The summed E-state index contributed by atoms with van der Waals surface area (Å²) in [6.45, 7) is 4.30. The first-order valence-electron chi connectivity index (χ1n) is 6.88. The lowest BCUT2D eigenvalue weighted by Gasteiger charge is -2.28. The van der Waals surface area contributed by atoms with Gasteiger partial charge in [-0.05, 0) is 25.5 Å². The Morgan fingerprint density at radius 2 is 2.15 bits per heavy atom. The molecule has 2 rings (SSSR count). The largest absolute Gasteiger partial charge is 0.364 e. The normalized spacial score (nSPS) is 19.2. The number of benzene rings is 1. The molecule has 5 heteroatoms. The van der Waals surface area contributed by atoms with Crippen LogP contribution in [0.4, 0.5) is 0 Å². The van der Waals surface area contributed by atoms with E-state index in [1.54, 1.807) is 0 Å². The van der Waals surface area contributed by atoms with Crippen molar-refractivity contribution in [3.8, 4) is 0 Å². The highest BCUT2D eigenvalue weighted by Gasteiger charge is 2.29. The minimum Gasteiger partial charge on any atom is -0.364 e. The zero-order valence-electron chi connectivity index (χ0n) is 12.0. The molecule has 1 aromatic carbocycles. The second-order valence-electron chi connectivity index (χ2n) is 4.84. The molecule has 1 N–H and O–H groups in total. The molecule has 2 unspecified atom stereocenters. The SMILES string of the molecule is CCOC(C(=O)N(C)C1CCNC1)c1ccccc1.Cl. The van der Waals surface area contributed by atoms with E-state index in [1.807, 2.05) is 49.2 Å². The average molecular weight is 299 g/mol. The molecule has 1 aromatic rings. The van der Waals surface area contributed by atoms with Gasteiger partial charge in [-0.2, -0.15) is 0 Å². The van der Waals surface area contributed by atoms with Crippen LogP contribution in [0.25, 0.3) is 0 Å². The third kappa shape index (κ3) is 3.95.